The number of carbonyl (C=O) groups is 12. The number of phenols is 1. The van der Waals surface area contributed by atoms with Crippen molar-refractivity contribution in [3.63, 3.8) is 0 Å². The number of benzene rings is 1. The van der Waals surface area contributed by atoms with Gasteiger partial charge in [0.15, 0.2) is 0 Å². The second-order valence-corrected chi connectivity index (χ2v) is 18.4. The highest BCUT2D eigenvalue weighted by Gasteiger charge is 2.35. The summed E-state index contributed by atoms with van der Waals surface area (Å²) in [4.78, 5) is 155. The summed E-state index contributed by atoms with van der Waals surface area (Å²) in [7, 11) is 0. The van der Waals surface area contributed by atoms with Gasteiger partial charge in [0.2, 0.25) is 65.0 Å². The molecule has 414 valence electrons. The summed E-state index contributed by atoms with van der Waals surface area (Å²) in [6.45, 7) is 7.15. The Hall–Kier alpha value is -7.46. The SMILES string of the molecule is CC(C)C[C@H](NC(=O)[C@H](CC(N)=O)NC(=O)[C@H](CCC(N)=O)NC(=O)CNC(=O)[C@H](CCC(N)=O)NC(=O)[C@@H](NC(=O)[C@@H](N)[C@@H](C)O)C(C)C)C(=O)N[C@@H](CCCCN)C(=O)N[C@@H](Cc1ccc(O)cc1)C(=O)O. The molecule has 0 aliphatic rings. The van der Waals surface area contributed by atoms with Crippen LogP contribution in [0.2, 0.25) is 0 Å². The van der Waals surface area contributed by atoms with Crippen LogP contribution in [-0.4, -0.2) is 154 Å². The van der Waals surface area contributed by atoms with Gasteiger partial charge in [0.25, 0.3) is 0 Å². The molecule has 0 spiro atoms. The third-order valence-corrected chi connectivity index (χ3v) is 11.1. The summed E-state index contributed by atoms with van der Waals surface area (Å²) in [6.07, 6.45) is -3.39. The van der Waals surface area contributed by atoms with Crippen molar-refractivity contribution in [2.75, 3.05) is 13.1 Å². The van der Waals surface area contributed by atoms with E-state index in [1.165, 1.54) is 31.2 Å². The maximum atomic E-state index is 13.9. The minimum Gasteiger partial charge on any atom is -0.508 e. The van der Waals surface area contributed by atoms with Crippen LogP contribution < -0.4 is 71.2 Å². The first-order valence-corrected chi connectivity index (χ1v) is 23.9. The van der Waals surface area contributed by atoms with Gasteiger partial charge in [-0.05, 0) is 81.5 Å². The quantitative estimate of drug-likeness (QED) is 0.0282. The molecule has 74 heavy (non-hydrogen) atoms. The number of amides is 11. The Labute approximate surface area is 427 Å². The molecule has 28 nitrogen and oxygen atoms in total. The predicted molar refractivity (Wildman–Crippen MR) is 263 cm³/mol. The number of carboxylic acids is 1. The number of carboxylic acid groups (broad SMARTS) is 1. The Morgan fingerprint density at radius 1 is 0.554 bits per heavy atom. The number of rotatable bonds is 35. The molecular formula is C46H75N13O15. The lowest BCUT2D eigenvalue weighted by Crippen LogP contribution is -2.60. The maximum absolute atomic E-state index is 13.9. The number of aliphatic hydroxyl groups excluding tert-OH is 1. The van der Waals surface area contributed by atoms with E-state index >= 15 is 0 Å². The van der Waals surface area contributed by atoms with E-state index in [-0.39, 0.29) is 43.9 Å². The zero-order chi connectivity index (χ0) is 56.4. The molecule has 0 aromatic heterocycles. The molecule has 11 amide bonds. The molecule has 0 heterocycles. The van der Waals surface area contributed by atoms with Gasteiger partial charge in [-0.1, -0.05) is 39.8 Å². The van der Waals surface area contributed by atoms with Crippen molar-refractivity contribution in [2.24, 2.45) is 40.5 Å². The van der Waals surface area contributed by atoms with Gasteiger partial charge in [0.05, 0.1) is 19.1 Å². The van der Waals surface area contributed by atoms with Crippen LogP contribution in [0.1, 0.15) is 98.0 Å². The second-order valence-electron chi connectivity index (χ2n) is 18.4. The lowest BCUT2D eigenvalue weighted by molar-refractivity contribution is -0.142. The average molecular weight is 1050 g/mol. The first-order valence-electron chi connectivity index (χ1n) is 23.9. The molecule has 0 radical (unpaired) electrons. The van der Waals surface area contributed by atoms with Crippen LogP contribution in [0.15, 0.2) is 24.3 Å². The van der Waals surface area contributed by atoms with E-state index in [9.17, 15) is 72.9 Å². The first-order chi connectivity index (χ1) is 34.6. The number of carbonyl (C=O) groups excluding carboxylic acids is 11. The summed E-state index contributed by atoms with van der Waals surface area (Å²) >= 11 is 0. The highest BCUT2D eigenvalue weighted by molar-refractivity contribution is 5.99. The zero-order valence-electron chi connectivity index (χ0n) is 42.3. The van der Waals surface area contributed by atoms with Crippen LogP contribution in [0, 0.1) is 11.8 Å². The number of aliphatic hydroxyl groups is 1. The molecule has 0 aliphatic heterocycles. The van der Waals surface area contributed by atoms with Crippen molar-refractivity contribution in [2.45, 2.75) is 153 Å². The smallest absolute Gasteiger partial charge is 0.326 e. The van der Waals surface area contributed by atoms with Gasteiger partial charge in [-0.25, -0.2) is 4.79 Å². The van der Waals surface area contributed by atoms with E-state index in [4.69, 9.17) is 28.7 Å². The van der Waals surface area contributed by atoms with Crippen molar-refractivity contribution in [1.29, 1.82) is 0 Å². The fourth-order valence-corrected chi connectivity index (χ4v) is 6.94. The molecule has 0 bridgehead atoms. The minimum absolute atomic E-state index is 0.000664. The number of unbranched alkanes of at least 4 members (excludes halogenated alkanes) is 1. The summed E-state index contributed by atoms with van der Waals surface area (Å²) < 4.78 is 0. The van der Waals surface area contributed by atoms with Crippen molar-refractivity contribution < 1.29 is 72.9 Å². The first kappa shape index (κ1) is 64.6. The molecule has 0 aliphatic carbocycles. The highest BCUT2D eigenvalue weighted by atomic mass is 16.4. The summed E-state index contributed by atoms with van der Waals surface area (Å²) in [6, 6.07) is -6.27. The van der Waals surface area contributed by atoms with Gasteiger partial charge in [0.1, 0.15) is 54.1 Å². The number of hydrogen-bond acceptors (Lipinski definition) is 16. The second kappa shape index (κ2) is 32.6. The number of aromatic hydroxyl groups is 1. The number of nitrogens with two attached hydrogens (primary N) is 5. The van der Waals surface area contributed by atoms with E-state index in [0.29, 0.717) is 18.4 Å². The van der Waals surface area contributed by atoms with Crippen molar-refractivity contribution in [3.05, 3.63) is 29.8 Å². The van der Waals surface area contributed by atoms with Crippen LogP contribution in [0.4, 0.5) is 0 Å². The van der Waals surface area contributed by atoms with Crippen molar-refractivity contribution in [3.8, 4) is 5.75 Å². The summed E-state index contributed by atoms with van der Waals surface area (Å²) in [5.41, 5.74) is 27.8. The lowest BCUT2D eigenvalue weighted by atomic mass is 10.0. The predicted octanol–water partition coefficient (Wildman–Crippen LogP) is -5.53. The van der Waals surface area contributed by atoms with Gasteiger partial charge in [-0.15, -0.1) is 0 Å². The Morgan fingerprint density at radius 3 is 1.51 bits per heavy atom. The Balaban J connectivity index is 3.33. The normalized spacial score (nSPS) is 14.7. The molecule has 28 heteroatoms. The lowest BCUT2D eigenvalue weighted by Gasteiger charge is -2.27. The Bertz CT molecular complexity index is 2120. The Kier molecular flexibility index (Phi) is 28.4. The summed E-state index contributed by atoms with van der Waals surface area (Å²) in [5, 5.41) is 48.3. The third kappa shape index (κ3) is 24.8. The monoisotopic (exact) mass is 1050 g/mol. The number of phenolic OH excluding ortho intramolecular Hbond substituents is 1. The van der Waals surface area contributed by atoms with E-state index in [1.807, 2.05) is 0 Å². The van der Waals surface area contributed by atoms with Gasteiger partial charge in [0, 0.05) is 19.3 Å². The summed E-state index contributed by atoms with van der Waals surface area (Å²) in [5.74, 6) is -13.1. The fraction of sp³-hybridized carbons (Fsp3) is 0.609. The van der Waals surface area contributed by atoms with Crippen LogP contribution in [0.25, 0.3) is 0 Å². The number of aliphatic carboxylic acids is 1. The van der Waals surface area contributed by atoms with Crippen LogP contribution in [0.3, 0.4) is 0 Å². The van der Waals surface area contributed by atoms with Gasteiger partial charge >= 0.3 is 5.97 Å². The van der Waals surface area contributed by atoms with Crippen LogP contribution in [0.5, 0.6) is 5.75 Å². The third-order valence-electron chi connectivity index (χ3n) is 11.1. The standard InChI is InChI=1S/C46H75N13O15/c1-22(2)18-30(42(69)54-27(8-6-7-17-47)40(67)58-32(46(73)74)19-25-9-11-26(61)12-10-25)56-43(70)31(20-35(50)64)57-41(68)29(14-16-34(49)63)53-36(65)21-52-39(66)28(13-15-33(48)62)55-45(72)38(23(3)4)59-44(71)37(51)24(5)60/h9-12,22-24,27-32,37-38,60-61H,6-8,13-21,47,51H2,1-5H3,(H2,48,62)(H2,49,63)(H2,50,64)(H,52,66)(H,53,65)(H,54,69)(H,55,72)(H,56,70)(H,57,68)(H,58,67)(H,59,71)(H,73,74)/t24-,27+,28+,29+,30+,31+,32+,37+,38+/m1/s1. The van der Waals surface area contributed by atoms with Crippen molar-refractivity contribution in [1.82, 2.24) is 42.5 Å². The number of primary amides is 3. The largest absolute Gasteiger partial charge is 0.508 e. The number of hydrogen-bond donors (Lipinski definition) is 16. The van der Waals surface area contributed by atoms with E-state index in [1.54, 1.807) is 27.7 Å². The molecule has 0 unspecified atom stereocenters. The van der Waals surface area contributed by atoms with E-state index in [2.05, 4.69) is 42.5 Å². The molecule has 9 atom stereocenters. The molecule has 0 fully saturated rings. The highest BCUT2D eigenvalue weighted by Crippen LogP contribution is 2.14. The van der Waals surface area contributed by atoms with Gasteiger partial charge in [-0.2, -0.15) is 0 Å². The van der Waals surface area contributed by atoms with Crippen molar-refractivity contribution >= 4 is 70.9 Å². The maximum Gasteiger partial charge on any atom is 0.326 e. The van der Waals surface area contributed by atoms with E-state index in [0.717, 1.165) is 0 Å². The molecule has 1 rings (SSSR count). The Morgan fingerprint density at radius 2 is 1.03 bits per heavy atom. The molecule has 0 saturated heterocycles. The van der Waals surface area contributed by atoms with Crippen LogP contribution >= 0.6 is 0 Å². The van der Waals surface area contributed by atoms with Gasteiger partial charge < -0.3 is 86.5 Å². The topological polar surface area (TPSA) is 492 Å². The van der Waals surface area contributed by atoms with Gasteiger partial charge in [-0.3, -0.25) is 52.7 Å². The molecule has 1 aromatic rings. The fourth-order valence-electron chi connectivity index (χ4n) is 6.94. The molecule has 21 N–H and O–H groups in total. The average Bonchev–Trinajstić information content (AvgIpc) is 3.30. The minimum atomic E-state index is -1.81. The van der Waals surface area contributed by atoms with E-state index < -0.39 is 164 Å². The van der Waals surface area contributed by atoms with Crippen LogP contribution in [-0.2, 0) is 64.0 Å². The molecule has 1 aromatic carbocycles. The zero-order valence-corrected chi connectivity index (χ0v) is 42.3. The number of nitrogens with one attached hydrogen (secondary N) is 8. The molecular weight excluding hydrogens is 975 g/mol. The molecule has 0 saturated carbocycles.